The fraction of sp³-hybridized carbons (Fsp3) is 0.455. The van der Waals surface area contributed by atoms with Crippen molar-refractivity contribution in [3.05, 3.63) is 52.0 Å². The lowest BCUT2D eigenvalue weighted by Gasteiger charge is -2.12. The minimum atomic E-state index is -0.580. The van der Waals surface area contributed by atoms with Gasteiger partial charge < -0.3 is 4.52 Å². The van der Waals surface area contributed by atoms with E-state index in [0.717, 1.165) is 19.3 Å². The molecule has 10 nitrogen and oxygen atoms in total. The van der Waals surface area contributed by atoms with Gasteiger partial charge in [0.2, 0.25) is 11.8 Å². The number of nitrogens with one attached hydrogen (secondary N) is 2. The zero-order valence-corrected chi connectivity index (χ0v) is 18.4. The topological polar surface area (TPSA) is 132 Å². The Bertz CT molecular complexity index is 1140. The molecule has 1 aromatic carbocycles. The molecule has 2 heterocycles. The Hall–Kier alpha value is -3.56. The zero-order chi connectivity index (χ0) is 22.9. The van der Waals surface area contributed by atoms with E-state index in [-0.39, 0.29) is 23.6 Å². The maximum Gasteiger partial charge on any atom is 0.290 e. The van der Waals surface area contributed by atoms with Crippen molar-refractivity contribution in [2.45, 2.75) is 65.3 Å². The Morgan fingerprint density at radius 1 is 1.06 bits per heavy atom. The highest BCUT2D eigenvalue weighted by atomic mass is 16.5. The number of hydrogen-bond donors (Lipinski definition) is 2. The summed E-state index contributed by atoms with van der Waals surface area (Å²) in [6.07, 6.45) is 4.59. The van der Waals surface area contributed by atoms with Gasteiger partial charge in [0.05, 0.1) is 5.39 Å². The van der Waals surface area contributed by atoms with Crippen molar-refractivity contribution >= 4 is 22.6 Å². The van der Waals surface area contributed by atoms with E-state index >= 15 is 0 Å². The third kappa shape index (κ3) is 5.77. The number of carbonyl (C=O) groups excluding carboxylic acids is 2. The average Bonchev–Trinajstić information content (AvgIpc) is 3.27. The number of fused-ring (bicyclic) bond motifs is 1. The van der Waals surface area contributed by atoms with E-state index in [4.69, 9.17) is 4.52 Å². The van der Waals surface area contributed by atoms with E-state index in [1.165, 1.54) is 4.68 Å². The SMILES string of the molecule is CCCCCn1nc(C(=O)NNC(=O)CCCc2nc(CC)no2)c2ccccc2c1=O. The molecule has 0 aliphatic carbocycles. The van der Waals surface area contributed by atoms with Gasteiger partial charge in [-0.15, -0.1) is 0 Å². The number of benzene rings is 1. The van der Waals surface area contributed by atoms with E-state index in [1.54, 1.807) is 24.3 Å². The van der Waals surface area contributed by atoms with Gasteiger partial charge in [-0.25, -0.2) is 4.68 Å². The minimum Gasteiger partial charge on any atom is -0.339 e. The summed E-state index contributed by atoms with van der Waals surface area (Å²) < 4.78 is 6.41. The summed E-state index contributed by atoms with van der Waals surface area (Å²) in [5.41, 5.74) is 4.66. The Balaban J connectivity index is 1.62. The number of hydrazine groups is 1. The van der Waals surface area contributed by atoms with Crippen molar-refractivity contribution in [2.75, 3.05) is 0 Å². The lowest BCUT2D eigenvalue weighted by molar-refractivity contribution is -0.121. The molecule has 0 unspecified atom stereocenters. The predicted octanol–water partition coefficient (Wildman–Crippen LogP) is 2.32. The highest BCUT2D eigenvalue weighted by molar-refractivity contribution is 6.05. The van der Waals surface area contributed by atoms with E-state index in [9.17, 15) is 14.4 Å². The van der Waals surface area contributed by atoms with Gasteiger partial charge in [-0.1, -0.05) is 50.0 Å². The van der Waals surface area contributed by atoms with Crippen molar-refractivity contribution in [3.63, 3.8) is 0 Å². The normalized spacial score (nSPS) is 10.9. The predicted molar refractivity (Wildman–Crippen MR) is 118 cm³/mol. The van der Waals surface area contributed by atoms with Gasteiger partial charge in [0, 0.05) is 31.2 Å². The van der Waals surface area contributed by atoms with Crippen LogP contribution in [0.1, 0.15) is 68.2 Å². The second kappa shape index (κ2) is 11.2. The molecule has 3 rings (SSSR count). The summed E-state index contributed by atoms with van der Waals surface area (Å²) >= 11 is 0. The molecule has 32 heavy (non-hydrogen) atoms. The first-order chi connectivity index (χ1) is 15.5. The summed E-state index contributed by atoms with van der Waals surface area (Å²) in [5.74, 6) is 0.185. The van der Waals surface area contributed by atoms with E-state index in [1.807, 2.05) is 6.92 Å². The number of nitrogens with zero attached hydrogens (tertiary/aromatic N) is 4. The zero-order valence-electron chi connectivity index (χ0n) is 18.4. The van der Waals surface area contributed by atoms with Crippen molar-refractivity contribution in [3.8, 4) is 0 Å². The van der Waals surface area contributed by atoms with Crippen LogP contribution in [0.25, 0.3) is 10.8 Å². The van der Waals surface area contributed by atoms with Crippen molar-refractivity contribution < 1.29 is 14.1 Å². The monoisotopic (exact) mass is 440 g/mol. The minimum absolute atomic E-state index is 0.0925. The van der Waals surface area contributed by atoms with Gasteiger partial charge in [-0.3, -0.25) is 25.2 Å². The number of unbranched alkanes of at least 4 members (excludes halogenated alkanes) is 2. The van der Waals surface area contributed by atoms with Crippen LogP contribution in [0.5, 0.6) is 0 Å². The van der Waals surface area contributed by atoms with Crippen LogP contribution in [-0.2, 0) is 24.2 Å². The first-order valence-electron chi connectivity index (χ1n) is 10.9. The van der Waals surface area contributed by atoms with Gasteiger partial charge in [-0.2, -0.15) is 10.1 Å². The molecule has 0 aliphatic heterocycles. The Morgan fingerprint density at radius 3 is 2.56 bits per heavy atom. The number of aromatic nitrogens is 4. The molecule has 0 saturated heterocycles. The van der Waals surface area contributed by atoms with E-state index < -0.39 is 5.91 Å². The van der Waals surface area contributed by atoms with Crippen LogP contribution in [0.3, 0.4) is 0 Å². The number of rotatable bonds is 10. The van der Waals surface area contributed by atoms with Gasteiger partial charge in [-0.05, 0) is 18.9 Å². The third-order valence-electron chi connectivity index (χ3n) is 4.99. The quantitative estimate of drug-likeness (QED) is 0.365. The molecule has 3 aromatic rings. The molecule has 0 aliphatic rings. The molecule has 0 radical (unpaired) electrons. The smallest absolute Gasteiger partial charge is 0.290 e. The standard InChI is InChI=1S/C22H28N6O4/c1-3-5-8-14-28-22(31)16-11-7-6-10-15(16)20(26-28)21(30)25-24-18(29)12-9-13-19-23-17(4-2)27-32-19/h6-7,10-11H,3-5,8-9,12-14H2,1-2H3,(H,24,29)(H,25,30). The molecular weight excluding hydrogens is 412 g/mol. The van der Waals surface area contributed by atoms with Crippen LogP contribution in [0.15, 0.2) is 33.6 Å². The van der Waals surface area contributed by atoms with E-state index in [2.05, 4.69) is 33.0 Å². The number of aryl methyl sites for hydroxylation is 3. The van der Waals surface area contributed by atoms with Crippen molar-refractivity contribution in [1.82, 2.24) is 30.8 Å². The summed E-state index contributed by atoms with van der Waals surface area (Å²) in [5, 5.41) is 8.95. The average molecular weight is 441 g/mol. The van der Waals surface area contributed by atoms with Crippen LogP contribution in [-0.4, -0.2) is 31.7 Å². The summed E-state index contributed by atoms with van der Waals surface area (Å²) in [7, 11) is 0. The van der Waals surface area contributed by atoms with Crippen LogP contribution < -0.4 is 16.4 Å². The largest absolute Gasteiger partial charge is 0.339 e. The van der Waals surface area contributed by atoms with E-state index in [0.29, 0.717) is 48.3 Å². The van der Waals surface area contributed by atoms with Crippen LogP contribution in [0.4, 0.5) is 0 Å². The number of carbonyl (C=O) groups is 2. The maximum absolute atomic E-state index is 12.8. The lowest BCUT2D eigenvalue weighted by Crippen LogP contribution is -2.42. The maximum atomic E-state index is 12.8. The van der Waals surface area contributed by atoms with Gasteiger partial charge >= 0.3 is 0 Å². The van der Waals surface area contributed by atoms with Crippen LogP contribution >= 0.6 is 0 Å². The first kappa shape index (κ1) is 23.1. The van der Waals surface area contributed by atoms with Gasteiger partial charge in [0.15, 0.2) is 11.5 Å². The molecule has 2 aromatic heterocycles. The van der Waals surface area contributed by atoms with Crippen molar-refractivity contribution in [1.29, 1.82) is 0 Å². The Morgan fingerprint density at radius 2 is 1.84 bits per heavy atom. The molecule has 10 heteroatoms. The second-order valence-electron chi connectivity index (χ2n) is 7.44. The molecule has 0 bridgehead atoms. The molecule has 2 amide bonds. The first-order valence-corrected chi connectivity index (χ1v) is 10.9. The molecule has 0 spiro atoms. The molecule has 0 atom stereocenters. The fourth-order valence-electron chi connectivity index (χ4n) is 3.25. The molecule has 170 valence electrons. The van der Waals surface area contributed by atoms with Crippen LogP contribution in [0, 0.1) is 0 Å². The summed E-state index contributed by atoms with van der Waals surface area (Å²) in [6.45, 7) is 4.43. The van der Waals surface area contributed by atoms with Crippen molar-refractivity contribution in [2.24, 2.45) is 0 Å². The highest BCUT2D eigenvalue weighted by Crippen LogP contribution is 2.13. The van der Waals surface area contributed by atoms with Crippen LogP contribution in [0.2, 0.25) is 0 Å². The second-order valence-corrected chi connectivity index (χ2v) is 7.44. The Kier molecular flexibility index (Phi) is 8.07. The van der Waals surface area contributed by atoms with Gasteiger partial charge in [0.1, 0.15) is 0 Å². The molecule has 0 saturated carbocycles. The molecule has 2 N–H and O–H groups in total. The highest BCUT2D eigenvalue weighted by Gasteiger charge is 2.17. The lowest BCUT2D eigenvalue weighted by atomic mass is 10.1. The molecule has 0 fully saturated rings. The summed E-state index contributed by atoms with van der Waals surface area (Å²) in [6, 6.07) is 6.83. The summed E-state index contributed by atoms with van der Waals surface area (Å²) in [4.78, 5) is 41.8. The third-order valence-corrected chi connectivity index (χ3v) is 4.99. The fourth-order valence-corrected chi connectivity index (χ4v) is 3.25. The molecular formula is C22H28N6O4. The number of amides is 2. The Labute approximate surface area is 185 Å². The number of hydrogen-bond acceptors (Lipinski definition) is 7. The van der Waals surface area contributed by atoms with Gasteiger partial charge in [0.25, 0.3) is 11.5 Å².